The van der Waals surface area contributed by atoms with Gasteiger partial charge in [-0.3, -0.25) is 4.79 Å². The molecule has 0 atom stereocenters. The third kappa shape index (κ3) is 3.90. The van der Waals surface area contributed by atoms with E-state index in [4.69, 9.17) is 9.47 Å². The molecule has 1 N–H and O–H groups in total. The van der Waals surface area contributed by atoms with Crippen molar-refractivity contribution in [3.63, 3.8) is 0 Å². The number of carbonyl (C=O) groups excluding carboxylic acids is 1. The van der Waals surface area contributed by atoms with Gasteiger partial charge in [0, 0.05) is 25.2 Å². The molecule has 0 radical (unpaired) electrons. The molecule has 0 unspecified atom stereocenters. The Balaban J connectivity index is 1.33. The molecule has 1 amide bonds. The molecule has 0 bridgehead atoms. The topological polar surface area (TPSA) is 50.8 Å². The maximum absolute atomic E-state index is 12.7. The van der Waals surface area contributed by atoms with Gasteiger partial charge in [-0.15, -0.1) is 0 Å². The SMILES string of the molecule is O=C(NC1CCN(C2CCSCC2)CC1)c1cccc2c1OCCO2. The summed E-state index contributed by atoms with van der Waals surface area (Å²) in [6.45, 7) is 3.21. The van der Waals surface area contributed by atoms with Gasteiger partial charge in [0.2, 0.25) is 0 Å². The molecule has 136 valence electrons. The maximum atomic E-state index is 12.7. The quantitative estimate of drug-likeness (QED) is 0.896. The summed E-state index contributed by atoms with van der Waals surface area (Å²) in [5.74, 6) is 3.80. The molecule has 6 heteroatoms. The van der Waals surface area contributed by atoms with Gasteiger partial charge in [-0.2, -0.15) is 11.8 Å². The zero-order valence-corrected chi connectivity index (χ0v) is 15.4. The van der Waals surface area contributed by atoms with Crippen LogP contribution in [0.25, 0.3) is 0 Å². The van der Waals surface area contributed by atoms with E-state index in [1.165, 1.54) is 24.3 Å². The third-order valence-electron chi connectivity index (χ3n) is 5.38. The van der Waals surface area contributed by atoms with Crippen LogP contribution in [0.15, 0.2) is 18.2 Å². The first-order chi connectivity index (χ1) is 12.3. The number of nitrogens with one attached hydrogen (secondary N) is 1. The van der Waals surface area contributed by atoms with Crippen molar-refractivity contribution in [2.24, 2.45) is 0 Å². The smallest absolute Gasteiger partial charge is 0.255 e. The highest BCUT2D eigenvalue weighted by Crippen LogP contribution is 2.33. The standard InChI is InChI=1S/C19H26N2O3S/c22-19(16-2-1-3-17-18(16)24-11-10-23-17)20-14-4-8-21(9-5-14)15-6-12-25-13-7-15/h1-3,14-15H,4-13H2,(H,20,22). The van der Waals surface area contributed by atoms with E-state index in [0.717, 1.165) is 32.0 Å². The first-order valence-electron chi connectivity index (χ1n) is 9.32. The zero-order chi connectivity index (χ0) is 17.1. The molecule has 0 saturated carbocycles. The number of fused-ring (bicyclic) bond motifs is 1. The first kappa shape index (κ1) is 17.0. The summed E-state index contributed by atoms with van der Waals surface area (Å²) >= 11 is 2.07. The van der Waals surface area contributed by atoms with Crippen LogP contribution in [-0.4, -0.2) is 60.7 Å². The Hall–Kier alpha value is -1.40. The lowest BCUT2D eigenvalue weighted by molar-refractivity contribution is 0.0876. The summed E-state index contributed by atoms with van der Waals surface area (Å²) in [5.41, 5.74) is 0.587. The molecule has 3 aliphatic rings. The number of hydrogen-bond acceptors (Lipinski definition) is 5. The normalized spacial score (nSPS) is 22.6. The van der Waals surface area contributed by atoms with Gasteiger partial charge in [0.25, 0.3) is 5.91 Å². The molecule has 25 heavy (non-hydrogen) atoms. The first-order valence-corrected chi connectivity index (χ1v) is 10.5. The van der Waals surface area contributed by atoms with Gasteiger partial charge in [-0.1, -0.05) is 6.07 Å². The largest absolute Gasteiger partial charge is 0.486 e. The van der Waals surface area contributed by atoms with Crippen molar-refractivity contribution in [1.82, 2.24) is 10.2 Å². The Morgan fingerprint density at radius 2 is 1.84 bits per heavy atom. The van der Waals surface area contributed by atoms with Gasteiger partial charge in [0.15, 0.2) is 11.5 Å². The highest BCUT2D eigenvalue weighted by molar-refractivity contribution is 7.99. The van der Waals surface area contributed by atoms with Crippen molar-refractivity contribution in [2.75, 3.05) is 37.8 Å². The fraction of sp³-hybridized carbons (Fsp3) is 0.632. The minimum atomic E-state index is -0.0464. The van der Waals surface area contributed by atoms with E-state index in [1.807, 2.05) is 18.2 Å². The molecule has 0 aromatic heterocycles. The average Bonchev–Trinajstić information content (AvgIpc) is 2.69. The number of benzene rings is 1. The number of para-hydroxylation sites is 1. The molecule has 1 aromatic rings. The van der Waals surface area contributed by atoms with Crippen LogP contribution in [0.4, 0.5) is 0 Å². The molecule has 0 aliphatic carbocycles. The number of piperidine rings is 1. The van der Waals surface area contributed by atoms with Crippen LogP contribution in [0, 0.1) is 0 Å². The number of nitrogens with zero attached hydrogens (tertiary/aromatic N) is 1. The van der Waals surface area contributed by atoms with Crippen molar-refractivity contribution in [2.45, 2.75) is 37.8 Å². The van der Waals surface area contributed by atoms with Crippen LogP contribution in [0.3, 0.4) is 0 Å². The van der Waals surface area contributed by atoms with Crippen LogP contribution < -0.4 is 14.8 Å². The van der Waals surface area contributed by atoms with E-state index in [1.54, 1.807) is 0 Å². The molecule has 5 nitrogen and oxygen atoms in total. The van der Waals surface area contributed by atoms with Gasteiger partial charge < -0.3 is 19.7 Å². The second-order valence-electron chi connectivity index (χ2n) is 6.96. The predicted octanol–water partition coefficient (Wildman–Crippen LogP) is 2.55. The second kappa shape index (κ2) is 7.87. The molecule has 3 aliphatic heterocycles. The number of carbonyl (C=O) groups is 1. The summed E-state index contributed by atoms with van der Waals surface area (Å²) in [6.07, 6.45) is 4.69. The Morgan fingerprint density at radius 3 is 2.64 bits per heavy atom. The number of thioether (sulfide) groups is 1. The highest BCUT2D eigenvalue weighted by Gasteiger charge is 2.28. The van der Waals surface area contributed by atoms with E-state index < -0.39 is 0 Å². The van der Waals surface area contributed by atoms with Crippen LogP contribution in [0.2, 0.25) is 0 Å². The van der Waals surface area contributed by atoms with Crippen LogP contribution in [-0.2, 0) is 0 Å². The maximum Gasteiger partial charge on any atom is 0.255 e. The molecule has 2 fully saturated rings. The number of likely N-dealkylation sites (tertiary alicyclic amines) is 1. The monoisotopic (exact) mass is 362 g/mol. The summed E-state index contributed by atoms with van der Waals surface area (Å²) in [5, 5.41) is 3.20. The lowest BCUT2D eigenvalue weighted by atomic mass is 10.00. The Bertz CT molecular complexity index is 611. The fourth-order valence-electron chi connectivity index (χ4n) is 3.97. The lowest BCUT2D eigenvalue weighted by Crippen LogP contribution is -2.48. The summed E-state index contributed by atoms with van der Waals surface area (Å²) in [4.78, 5) is 15.3. The van der Waals surface area contributed by atoms with Crippen molar-refractivity contribution in [3.05, 3.63) is 23.8 Å². The number of hydrogen-bond donors (Lipinski definition) is 1. The Labute approximate surface area is 153 Å². The molecule has 0 spiro atoms. The minimum absolute atomic E-state index is 0.0464. The lowest BCUT2D eigenvalue weighted by Gasteiger charge is -2.39. The average molecular weight is 362 g/mol. The number of rotatable bonds is 3. The zero-order valence-electron chi connectivity index (χ0n) is 14.5. The molecule has 3 heterocycles. The van der Waals surface area contributed by atoms with E-state index in [9.17, 15) is 4.79 Å². The molecule has 4 rings (SSSR count). The van der Waals surface area contributed by atoms with Gasteiger partial charge in [-0.25, -0.2) is 0 Å². The summed E-state index contributed by atoms with van der Waals surface area (Å²) in [7, 11) is 0. The number of amides is 1. The van der Waals surface area contributed by atoms with E-state index in [2.05, 4.69) is 22.0 Å². The van der Waals surface area contributed by atoms with Crippen molar-refractivity contribution in [3.8, 4) is 11.5 Å². The Morgan fingerprint density at radius 1 is 1.08 bits per heavy atom. The molecule has 2 saturated heterocycles. The highest BCUT2D eigenvalue weighted by atomic mass is 32.2. The van der Waals surface area contributed by atoms with Crippen LogP contribution in [0.5, 0.6) is 11.5 Å². The second-order valence-corrected chi connectivity index (χ2v) is 8.18. The van der Waals surface area contributed by atoms with Gasteiger partial charge in [0.05, 0.1) is 5.56 Å². The molecular weight excluding hydrogens is 336 g/mol. The van der Waals surface area contributed by atoms with Crippen LogP contribution in [0.1, 0.15) is 36.0 Å². The minimum Gasteiger partial charge on any atom is -0.486 e. The van der Waals surface area contributed by atoms with Gasteiger partial charge in [0.1, 0.15) is 13.2 Å². The predicted molar refractivity (Wildman–Crippen MR) is 99.8 cm³/mol. The number of ether oxygens (including phenoxy) is 2. The Kier molecular flexibility index (Phi) is 5.36. The van der Waals surface area contributed by atoms with E-state index in [-0.39, 0.29) is 11.9 Å². The van der Waals surface area contributed by atoms with Crippen LogP contribution >= 0.6 is 11.8 Å². The van der Waals surface area contributed by atoms with Crippen molar-refractivity contribution < 1.29 is 14.3 Å². The summed E-state index contributed by atoms with van der Waals surface area (Å²) < 4.78 is 11.2. The van der Waals surface area contributed by atoms with Gasteiger partial charge in [-0.05, 0) is 49.3 Å². The van der Waals surface area contributed by atoms with E-state index in [0.29, 0.717) is 30.3 Å². The molecular formula is C19H26N2O3S. The van der Waals surface area contributed by atoms with Gasteiger partial charge >= 0.3 is 0 Å². The van der Waals surface area contributed by atoms with E-state index >= 15 is 0 Å². The molecule has 1 aromatic carbocycles. The fourth-order valence-corrected chi connectivity index (χ4v) is 5.06. The van der Waals surface area contributed by atoms with Crippen molar-refractivity contribution >= 4 is 17.7 Å². The van der Waals surface area contributed by atoms with Crippen molar-refractivity contribution in [1.29, 1.82) is 0 Å². The summed E-state index contributed by atoms with van der Waals surface area (Å²) in [6, 6.07) is 6.53. The third-order valence-corrected chi connectivity index (χ3v) is 6.43.